The fourth-order valence-electron chi connectivity index (χ4n) is 3.56. The van der Waals surface area contributed by atoms with Gasteiger partial charge in [0.1, 0.15) is 5.82 Å². The zero-order valence-corrected chi connectivity index (χ0v) is 13.1. The first-order valence-electron chi connectivity index (χ1n) is 8.04. The van der Waals surface area contributed by atoms with E-state index >= 15 is 0 Å². The summed E-state index contributed by atoms with van der Waals surface area (Å²) in [6, 6.07) is 9.41. The topological polar surface area (TPSA) is 29.9 Å². The summed E-state index contributed by atoms with van der Waals surface area (Å²) in [5.41, 5.74) is 5.41. The molecule has 3 unspecified atom stereocenters. The number of aromatic nitrogens is 2. The molecule has 1 aromatic carbocycles. The number of nitrogens with zero attached hydrogens (tertiary/aromatic N) is 2. The van der Waals surface area contributed by atoms with Crippen LogP contribution in [0.1, 0.15) is 54.1 Å². The maximum absolute atomic E-state index is 4.95. The monoisotopic (exact) mass is 281 g/mol. The number of benzene rings is 1. The molecular formula is C18H23N3. The van der Waals surface area contributed by atoms with Crippen LogP contribution in [0, 0.1) is 19.8 Å². The predicted octanol–water partition coefficient (Wildman–Crippen LogP) is 4.03. The van der Waals surface area contributed by atoms with Gasteiger partial charge < -0.3 is 5.32 Å². The summed E-state index contributed by atoms with van der Waals surface area (Å²) in [5.74, 6) is 2.69. The van der Waals surface area contributed by atoms with E-state index in [0.717, 1.165) is 18.9 Å². The van der Waals surface area contributed by atoms with Crippen molar-refractivity contribution >= 4 is 5.82 Å². The molecule has 0 amide bonds. The van der Waals surface area contributed by atoms with E-state index in [1.165, 1.54) is 34.6 Å². The molecule has 2 heterocycles. The van der Waals surface area contributed by atoms with E-state index in [4.69, 9.17) is 5.10 Å². The van der Waals surface area contributed by atoms with Gasteiger partial charge in [0.15, 0.2) is 0 Å². The Balaban J connectivity index is 1.75. The molecule has 2 aromatic rings. The van der Waals surface area contributed by atoms with Gasteiger partial charge in [0.2, 0.25) is 0 Å². The Kier molecular flexibility index (Phi) is 2.84. The Bertz CT molecular complexity index is 686. The van der Waals surface area contributed by atoms with E-state index in [-0.39, 0.29) is 0 Å². The van der Waals surface area contributed by atoms with Crippen LogP contribution in [0.25, 0.3) is 0 Å². The SMILES string of the molecule is Cc1ccc(C)c(C2CCNc3cc(C4CC4C)nn32)c1. The van der Waals surface area contributed by atoms with Crippen molar-refractivity contribution in [3.63, 3.8) is 0 Å². The molecule has 0 saturated heterocycles. The number of anilines is 1. The minimum atomic E-state index is 0.379. The highest BCUT2D eigenvalue weighted by molar-refractivity contribution is 5.44. The second-order valence-electron chi connectivity index (χ2n) is 6.81. The van der Waals surface area contributed by atoms with Crippen LogP contribution in [0.4, 0.5) is 5.82 Å². The highest BCUT2D eigenvalue weighted by Gasteiger charge is 2.37. The molecular weight excluding hydrogens is 258 g/mol. The summed E-state index contributed by atoms with van der Waals surface area (Å²) >= 11 is 0. The van der Waals surface area contributed by atoms with Gasteiger partial charge in [-0.25, -0.2) is 4.68 Å². The molecule has 1 aliphatic heterocycles. The van der Waals surface area contributed by atoms with Crippen molar-refractivity contribution in [2.45, 2.75) is 45.6 Å². The van der Waals surface area contributed by atoms with Crippen LogP contribution in [0.2, 0.25) is 0 Å². The summed E-state index contributed by atoms with van der Waals surface area (Å²) < 4.78 is 2.23. The van der Waals surface area contributed by atoms with Crippen LogP contribution >= 0.6 is 0 Å². The maximum Gasteiger partial charge on any atom is 0.125 e. The summed E-state index contributed by atoms with van der Waals surface area (Å²) in [6.45, 7) is 7.73. The van der Waals surface area contributed by atoms with Crippen LogP contribution in [-0.4, -0.2) is 16.3 Å². The molecule has 0 bridgehead atoms. The Morgan fingerprint density at radius 3 is 2.81 bits per heavy atom. The Morgan fingerprint density at radius 2 is 2.05 bits per heavy atom. The van der Waals surface area contributed by atoms with Crippen LogP contribution in [0.3, 0.4) is 0 Å². The summed E-state index contributed by atoms with van der Waals surface area (Å²) in [4.78, 5) is 0. The molecule has 1 saturated carbocycles. The van der Waals surface area contributed by atoms with Crippen molar-refractivity contribution in [1.29, 1.82) is 0 Å². The van der Waals surface area contributed by atoms with Gasteiger partial charge in [-0.3, -0.25) is 0 Å². The summed E-state index contributed by atoms with van der Waals surface area (Å²) in [5, 5.41) is 8.46. The molecule has 1 fully saturated rings. The largest absolute Gasteiger partial charge is 0.370 e. The van der Waals surface area contributed by atoms with Crippen molar-refractivity contribution in [3.05, 3.63) is 46.6 Å². The van der Waals surface area contributed by atoms with Crippen LogP contribution in [0.5, 0.6) is 0 Å². The quantitative estimate of drug-likeness (QED) is 0.900. The molecule has 2 aliphatic rings. The molecule has 1 aliphatic carbocycles. The summed E-state index contributed by atoms with van der Waals surface area (Å²) in [7, 11) is 0. The third kappa shape index (κ3) is 2.15. The lowest BCUT2D eigenvalue weighted by Gasteiger charge is -2.27. The number of rotatable bonds is 2. The number of nitrogens with one attached hydrogen (secondary N) is 1. The molecule has 4 rings (SSSR count). The van der Waals surface area contributed by atoms with Gasteiger partial charge in [-0.1, -0.05) is 30.7 Å². The van der Waals surface area contributed by atoms with E-state index in [0.29, 0.717) is 12.0 Å². The van der Waals surface area contributed by atoms with Gasteiger partial charge in [-0.15, -0.1) is 0 Å². The summed E-state index contributed by atoms with van der Waals surface area (Å²) in [6.07, 6.45) is 2.41. The molecule has 3 atom stereocenters. The van der Waals surface area contributed by atoms with E-state index < -0.39 is 0 Å². The predicted molar refractivity (Wildman–Crippen MR) is 85.9 cm³/mol. The minimum Gasteiger partial charge on any atom is -0.370 e. The molecule has 1 N–H and O–H groups in total. The third-order valence-corrected chi connectivity index (χ3v) is 5.06. The van der Waals surface area contributed by atoms with Crippen LogP contribution in [-0.2, 0) is 0 Å². The average molecular weight is 281 g/mol. The number of aryl methyl sites for hydroxylation is 2. The Labute approximate surface area is 126 Å². The highest BCUT2D eigenvalue weighted by Crippen LogP contribution is 2.47. The van der Waals surface area contributed by atoms with E-state index in [2.05, 4.69) is 55.0 Å². The Morgan fingerprint density at radius 1 is 1.24 bits per heavy atom. The van der Waals surface area contributed by atoms with Crippen molar-refractivity contribution in [2.75, 3.05) is 11.9 Å². The number of hydrogen-bond acceptors (Lipinski definition) is 2. The normalized spacial score (nSPS) is 27.1. The standard InChI is InChI=1S/C18H23N3/c1-11-4-5-12(2)15(8-11)17-6-7-19-18-10-16(20-21(17)18)14-9-13(14)3/h4-5,8,10,13-14,17,19H,6-7,9H2,1-3H3. The third-order valence-electron chi connectivity index (χ3n) is 5.06. The molecule has 3 heteroatoms. The van der Waals surface area contributed by atoms with E-state index in [1.54, 1.807) is 0 Å². The van der Waals surface area contributed by atoms with E-state index in [1.807, 2.05) is 0 Å². The van der Waals surface area contributed by atoms with Gasteiger partial charge in [0, 0.05) is 18.5 Å². The van der Waals surface area contributed by atoms with Crippen LogP contribution < -0.4 is 5.32 Å². The minimum absolute atomic E-state index is 0.379. The molecule has 1 aromatic heterocycles. The first kappa shape index (κ1) is 12.9. The van der Waals surface area contributed by atoms with Gasteiger partial charge in [0.05, 0.1) is 11.7 Å². The smallest absolute Gasteiger partial charge is 0.125 e. The van der Waals surface area contributed by atoms with Crippen molar-refractivity contribution in [3.8, 4) is 0 Å². The van der Waals surface area contributed by atoms with Crippen molar-refractivity contribution in [1.82, 2.24) is 9.78 Å². The van der Waals surface area contributed by atoms with Gasteiger partial charge in [-0.05, 0) is 43.7 Å². The fraction of sp³-hybridized carbons (Fsp3) is 0.500. The molecule has 0 spiro atoms. The number of fused-ring (bicyclic) bond motifs is 1. The fourth-order valence-corrected chi connectivity index (χ4v) is 3.56. The molecule has 21 heavy (non-hydrogen) atoms. The zero-order valence-electron chi connectivity index (χ0n) is 13.1. The number of hydrogen-bond donors (Lipinski definition) is 1. The van der Waals surface area contributed by atoms with Gasteiger partial charge in [0.25, 0.3) is 0 Å². The average Bonchev–Trinajstić information content (AvgIpc) is 3.04. The lowest BCUT2D eigenvalue weighted by molar-refractivity contribution is 0.475. The van der Waals surface area contributed by atoms with Crippen molar-refractivity contribution in [2.24, 2.45) is 5.92 Å². The lowest BCUT2D eigenvalue weighted by atomic mass is 9.96. The maximum atomic E-state index is 4.95. The Hall–Kier alpha value is -1.77. The van der Waals surface area contributed by atoms with Crippen LogP contribution in [0.15, 0.2) is 24.3 Å². The molecule has 3 nitrogen and oxygen atoms in total. The second-order valence-corrected chi connectivity index (χ2v) is 6.81. The lowest BCUT2D eigenvalue weighted by Crippen LogP contribution is -2.25. The second kappa shape index (κ2) is 4.62. The van der Waals surface area contributed by atoms with Gasteiger partial charge >= 0.3 is 0 Å². The molecule has 110 valence electrons. The highest BCUT2D eigenvalue weighted by atomic mass is 15.4. The first-order valence-corrected chi connectivity index (χ1v) is 8.04. The zero-order chi connectivity index (χ0) is 14.6. The van der Waals surface area contributed by atoms with Crippen molar-refractivity contribution < 1.29 is 0 Å². The first-order chi connectivity index (χ1) is 10.1. The molecule has 0 radical (unpaired) electrons. The van der Waals surface area contributed by atoms with E-state index in [9.17, 15) is 0 Å². The van der Waals surface area contributed by atoms with Gasteiger partial charge in [-0.2, -0.15) is 5.10 Å².